The van der Waals surface area contributed by atoms with Gasteiger partial charge in [-0.05, 0) is 37.0 Å². The molecule has 0 atom stereocenters. The van der Waals surface area contributed by atoms with Crippen molar-refractivity contribution < 1.29 is 0 Å². The van der Waals surface area contributed by atoms with E-state index in [4.69, 9.17) is 4.99 Å². The van der Waals surface area contributed by atoms with Gasteiger partial charge >= 0.3 is 0 Å². The van der Waals surface area contributed by atoms with Gasteiger partial charge in [-0.1, -0.05) is 48.5 Å². The highest BCUT2D eigenvalue weighted by atomic mass is 15.2. The smallest absolute Gasteiger partial charge is 0.191 e. The minimum atomic E-state index is 0.613. The predicted octanol–water partition coefficient (Wildman–Crippen LogP) is 3.56. The summed E-state index contributed by atoms with van der Waals surface area (Å²) in [5.41, 5.74) is 3.64. The summed E-state index contributed by atoms with van der Waals surface area (Å²) in [5, 5.41) is 6.76. The Morgan fingerprint density at radius 1 is 1.04 bits per heavy atom. The number of hydrogen-bond acceptors (Lipinski definition) is 2. The molecule has 5 nitrogen and oxygen atoms in total. The fourth-order valence-electron chi connectivity index (χ4n) is 2.95. The summed E-state index contributed by atoms with van der Waals surface area (Å²) in [6.45, 7) is 4.43. The summed E-state index contributed by atoms with van der Waals surface area (Å²) in [7, 11) is 0. The molecule has 0 amide bonds. The Bertz CT molecular complexity index is 825. The van der Waals surface area contributed by atoms with Crippen molar-refractivity contribution in [3.05, 3.63) is 84.4 Å². The van der Waals surface area contributed by atoms with E-state index >= 15 is 0 Å². The van der Waals surface area contributed by atoms with E-state index in [2.05, 4.69) is 65.0 Å². The molecule has 2 N–H and O–H groups in total. The molecule has 5 heteroatoms. The number of aliphatic imine (C=N–C) groups is 1. The van der Waals surface area contributed by atoms with Crippen molar-refractivity contribution in [3.63, 3.8) is 0 Å². The Morgan fingerprint density at radius 2 is 1.85 bits per heavy atom. The van der Waals surface area contributed by atoms with Crippen LogP contribution < -0.4 is 10.6 Å². The van der Waals surface area contributed by atoms with Gasteiger partial charge in [0.15, 0.2) is 5.96 Å². The molecule has 0 aliphatic rings. The van der Waals surface area contributed by atoms with Gasteiger partial charge in [0.1, 0.15) is 0 Å². The van der Waals surface area contributed by atoms with Gasteiger partial charge in [-0.3, -0.25) is 0 Å². The molecule has 0 saturated carbocycles. The van der Waals surface area contributed by atoms with Gasteiger partial charge in [0, 0.05) is 25.5 Å². The molecule has 0 aliphatic carbocycles. The number of nitrogens with one attached hydrogen (secondary N) is 2. The van der Waals surface area contributed by atoms with Crippen molar-refractivity contribution in [2.45, 2.75) is 26.3 Å². The quantitative estimate of drug-likeness (QED) is 0.366. The van der Waals surface area contributed by atoms with Gasteiger partial charge in [-0.25, -0.2) is 9.98 Å². The minimum Gasteiger partial charge on any atom is -0.357 e. The lowest BCUT2D eigenvalue weighted by Gasteiger charge is -2.13. The van der Waals surface area contributed by atoms with Crippen molar-refractivity contribution in [2.75, 3.05) is 13.1 Å². The average molecular weight is 361 g/mol. The lowest BCUT2D eigenvalue weighted by atomic mass is 10.1. The van der Waals surface area contributed by atoms with Crippen molar-refractivity contribution in [3.8, 4) is 5.69 Å². The fraction of sp³-hybridized carbons (Fsp3) is 0.273. The van der Waals surface area contributed by atoms with Crippen LogP contribution in [-0.2, 0) is 13.0 Å². The van der Waals surface area contributed by atoms with Crippen LogP contribution >= 0.6 is 0 Å². The summed E-state index contributed by atoms with van der Waals surface area (Å²) in [5.74, 6) is 0.853. The van der Waals surface area contributed by atoms with Gasteiger partial charge < -0.3 is 15.2 Å². The van der Waals surface area contributed by atoms with E-state index in [1.807, 2.05) is 29.2 Å². The monoisotopic (exact) mass is 361 g/mol. The number of hydrogen-bond donors (Lipinski definition) is 2. The second-order valence-corrected chi connectivity index (χ2v) is 6.31. The number of nitrogens with zero attached hydrogens (tertiary/aromatic N) is 3. The molecule has 1 heterocycles. The van der Waals surface area contributed by atoms with E-state index in [0.717, 1.165) is 43.1 Å². The number of aryl methyl sites for hydroxylation is 1. The normalized spacial score (nSPS) is 11.4. The third-order valence-corrected chi connectivity index (χ3v) is 4.30. The van der Waals surface area contributed by atoms with Crippen LogP contribution in [0.3, 0.4) is 0 Å². The second-order valence-electron chi connectivity index (χ2n) is 6.31. The molecule has 0 saturated heterocycles. The summed E-state index contributed by atoms with van der Waals surface area (Å²) in [6.07, 6.45) is 7.69. The molecule has 3 rings (SSSR count). The van der Waals surface area contributed by atoms with Crippen LogP contribution in [0.2, 0.25) is 0 Å². The van der Waals surface area contributed by atoms with Gasteiger partial charge in [0.25, 0.3) is 0 Å². The standard InChI is InChI=1S/C22H27N5/c1-2-24-22(25-14-8-11-19-9-4-3-5-10-19)26-17-20-12-6-7-13-21(20)27-16-15-23-18-27/h3-7,9-10,12-13,15-16,18H,2,8,11,14,17H2,1H3,(H2,24,25,26). The van der Waals surface area contributed by atoms with E-state index in [0.29, 0.717) is 6.54 Å². The molecule has 1 aromatic heterocycles. The zero-order valence-corrected chi connectivity index (χ0v) is 15.8. The first-order valence-corrected chi connectivity index (χ1v) is 9.49. The highest BCUT2D eigenvalue weighted by molar-refractivity contribution is 5.79. The Hall–Kier alpha value is -3.08. The first-order valence-electron chi connectivity index (χ1n) is 9.49. The Kier molecular flexibility index (Phi) is 7.04. The number of guanidine groups is 1. The molecular weight excluding hydrogens is 334 g/mol. The molecule has 0 spiro atoms. The van der Waals surface area contributed by atoms with Crippen molar-refractivity contribution >= 4 is 5.96 Å². The molecule has 0 bridgehead atoms. The number of imidazole rings is 1. The Balaban J connectivity index is 1.58. The van der Waals surface area contributed by atoms with Gasteiger partial charge in [0.05, 0.1) is 18.6 Å². The Morgan fingerprint density at radius 3 is 2.63 bits per heavy atom. The van der Waals surface area contributed by atoms with Crippen LogP contribution in [0, 0.1) is 0 Å². The van der Waals surface area contributed by atoms with Crippen LogP contribution in [0.25, 0.3) is 5.69 Å². The highest BCUT2D eigenvalue weighted by Crippen LogP contribution is 2.15. The first-order chi connectivity index (χ1) is 13.4. The summed E-state index contributed by atoms with van der Waals surface area (Å²) in [6, 6.07) is 18.9. The summed E-state index contributed by atoms with van der Waals surface area (Å²) < 4.78 is 2.02. The second kappa shape index (κ2) is 10.2. The zero-order chi connectivity index (χ0) is 18.7. The first kappa shape index (κ1) is 18.7. The highest BCUT2D eigenvalue weighted by Gasteiger charge is 2.04. The van der Waals surface area contributed by atoms with Crippen LogP contribution in [0.15, 0.2) is 78.3 Å². The van der Waals surface area contributed by atoms with E-state index in [-0.39, 0.29) is 0 Å². The predicted molar refractivity (Wildman–Crippen MR) is 111 cm³/mol. The maximum Gasteiger partial charge on any atom is 0.191 e. The Labute approximate surface area is 161 Å². The maximum absolute atomic E-state index is 4.76. The van der Waals surface area contributed by atoms with Gasteiger partial charge in [-0.15, -0.1) is 0 Å². The zero-order valence-electron chi connectivity index (χ0n) is 15.8. The van der Waals surface area contributed by atoms with Gasteiger partial charge in [-0.2, -0.15) is 0 Å². The average Bonchev–Trinajstić information content (AvgIpc) is 3.25. The van der Waals surface area contributed by atoms with Crippen LogP contribution in [-0.4, -0.2) is 28.6 Å². The van der Waals surface area contributed by atoms with E-state index in [9.17, 15) is 0 Å². The molecule has 27 heavy (non-hydrogen) atoms. The summed E-state index contributed by atoms with van der Waals surface area (Å²) in [4.78, 5) is 8.90. The van der Waals surface area contributed by atoms with Crippen LogP contribution in [0.5, 0.6) is 0 Å². The molecule has 3 aromatic rings. The molecule has 2 aromatic carbocycles. The van der Waals surface area contributed by atoms with E-state index in [1.165, 1.54) is 5.56 Å². The third-order valence-electron chi connectivity index (χ3n) is 4.30. The number of aromatic nitrogens is 2. The fourth-order valence-corrected chi connectivity index (χ4v) is 2.95. The van der Waals surface area contributed by atoms with Crippen molar-refractivity contribution in [2.24, 2.45) is 4.99 Å². The molecule has 0 aliphatic heterocycles. The third kappa shape index (κ3) is 5.71. The van der Waals surface area contributed by atoms with E-state index in [1.54, 1.807) is 6.20 Å². The lowest BCUT2D eigenvalue weighted by molar-refractivity contribution is 0.743. The largest absolute Gasteiger partial charge is 0.357 e. The van der Waals surface area contributed by atoms with Crippen molar-refractivity contribution in [1.29, 1.82) is 0 Å². The number of rotatable bonds is 8. The lowest BCUT2D eigenvalue weighted by Crippen LogP contribution is -2.37. The minimum absolute atomic E-state index is 0.613. The number of para-hydroxylation sites is 1. The SMILES string of the molecule is CCNC(=NCc1ccccc1-n1ccnc1)NCCCc1ccccc1. The summed E-state index contributed by atoms with van der Waals surface area (Å²) >= 11 is 0. The molecular formula is C22H27N5. The van der Waals surface area contributed by atoms with E-state index < -0.39 is 0 Å². The molecule has 0 fully saturated rings. The number of benzene rings is 2. The molecule has 0 radical (unpaired) electrons. The maximum atomic E-state index is 4.76. The van der Waals surface area contributed by atoms with Crippen LogP contribution in [0.1, 0.15) is 24.5 Å². The topological polar surface area (TPSA) is 54.2 Å². The van der Waals surface area contributed by atoms with Crippen molar-refractivity contribution in [1.82, 2.24) is 20.2 Å². The van der Waals surface area contributed by atoms with Gasteiger partial charge in [0.2, 0.25) is 0 Å². The molecule has 140 valence electrons. The van der Waals surface area contributed by atoms with Crippen LogP contribution in [0.4, 0.5) is 0 Å². The molecule has 0 unspecified atom stereocenters.